The molecule has 0 unspecified atom stereocenters. The first-order valence-corrected chi connectivity index (χ1v) is 9.13. The predicted octanol–water partition coefficient (Wildman–Crippen LogP) is 2.52. The van der Waals surface area contributed by atoms with Gasteiger partial charge < -0.3 is 19.9 Å². The Hall–Kier alpha value is -2.08. The third-order valence-electron chi connectivity index (χ3n) is 4.84. The number of carbonyl (C=O) groups is 2. The molecule has 1 aromatic carbocycles. The van der Waals surface area contributed by atoms with Crippen LogP contribution in [0, 0.1) is 0 Å². The lowest BCUT2D eigenvalue weighted by atomic mass is 10.1. The first-order chi connectivity index (χ1) is 12.1. The van der Waals surface area contributed by atoms with Gasteiger partial charge in [-0.2, -0.15) is 0 Å². The fraction of sp³-hybridized carbons (Fsp3) is 0.579. The molecule has 2 fully saturated rings. The highest BCUT2D eigenvalue weighted by Crippen LogP contribution is 2.22. The van der Waals surface area contributed by atoms with Crippen LogP contribution < -0.4 is 10.2 Å². The van der Waals surface area contributed by atoms with Crippen molar-refractivity contribution in [3.63, 3.8) is 0 Å². The van der Waals surface area contributed by atoms with Gasteiger partial charge in [0.2, 0.25) is 5.91 Å². The van der Waals surface area contributed by atoms with Crippen molar-refractivity contribution in [2.45, 2.75) is 44.8 Å². The lowest BCUT2D eigenvalue weighted by Crippen LogP contribution is -2.40. The Morgan fingerprint density at radius 1 is 1.36 bits per heavy atom. The highest BCUT2D eigenvalue weighted by atomic mass is 16.5. The van der Waals surface area contributed by atoms with Gasteiger partial charge in [-0.15, -0.1) is 0 Å². The highest BCUT2D eigenvalue weighted by molar-refractivity contribution is 5.94. The van der Waals surface area contributed by atoms with E-state index in [0.717, 1.165) is 50.1 Å². The maximum Gasteiger partial charge on any atom is 0.317 e. The van der Waals surface area contributed by atoms with Crippen LogP contribution in [0.4, 0.5) is 10.5 Å². The summed E-state index contributed by atoms with van der Waals surface area (Å²) >= 11 is 0. The Labute approximate surface area is 149 Å². The molecule has 1 aromatic rings. The van der Waals surface area contributed by atoms with E-state index in [1.165, 1.54) is 0 Å². The molecule has 1 N–H and O–H groups in total. The first kappa shape index (κ1) is 17.7. The van der Waals surface area contributed by atoms with Crippen molar-refractivity contribution in [2.24, 2.45) is 0 Å². The Balaban J connectivity index is 1.53. The lowest BCUT2D eigenvalue weighted by molar-refractivity contribution is -0.119. The van der Waals surface area contributed by atoms with Crippen LogP contribution in [0.2, 0.25) is 0 Å². The van der Waals surface area contributed by atoms with Crippen LogP contribution in [0.1, 0.15) is 37.7 Å². The third kappa shape index (κ3) is 4.72. The van der Waals surface area contributed by atoms with E-state index < -0.39 is 0 Å². The number of carbonyl (C=O) groups excluding carboxylic acids is 2. The second-order valence-corrected chi connectivity index (χ2v) is 6.85. The molecule has 1 atom stereocenters. The van der Waals surface area contributed by atoms with Crippen LogP contribution in [0.3, 0.4) is 0 Å². The standard InChI is InChI=1S/C19H27N3O3/c1-21(14-17-8-5-11-25-17)19(24)20-13-15-6-4-7-16(12-15)22-10-3-2-9-18(22)23/h4,6-7,12,17H,2-3,5,8-11,13-14H2,1H3,(H,20,24)/t17-/m1/s1. The molecule has 136 valence electrons. The predicted molar refractivity (Wildman–Crippen MR) is 96.5 cm³/mol. The number of nitrogens with zero attached hydrogens (tertiary/aromatic N) is 2. The number of urea groups is 1. The molecule has 0 aromatic heterocycles. The van der Waals surface area contributed by atoms with Crippen molar-refractivity contribution in [3.8, 4) is 0 Å². The molecule has 0 saturated carbocycles. The molecular weight excluding hydrogens is 318 g/mol. The number of amides is 3. The summed E-state index contributed by atoms with van der Waals surface area (Å²) in [6.45, 7) is 2.64. The molecule has 3 rings (SSSR count). The zero-order valence-corrected chi connectivity index (χ0v) is 14.9. The van der Waals surface area contributed by atoms with E-state index in [0.29, 0.717) is 19.5 Å². The van der Waals surface area contributed by atoms with Gasteiger partial charge in [0, 0.05) is 45.4 Å². The van der Waals surface area contributed by atoms with Gasteiger partial charge in [-0.1, -0.05) is 12.1 Å². The number of hydrogen-bond donors (Lipinski definition) is 1. The van der Waals surface area contributed by atoms with Gasteiger partial charge in [-0.25, -0.2) is 4.79 Å². The molecule has 0 spiro atoms. The van der Waals surface area contributed by atoms with E-state index in [4.69, 9.17) is 4.74 Å². The molecule has 2 saturated heterocycles. The number of nitrogens with one attached hydrogen (secondary N) is 1. The smallest absolute Gasteiger partial charge is 0.317 e. The van der Waals surface area contributed by atoms with Crippen molar-refractivity contribution in [3.05, 3.63) is 29.8 Å². The number of piperidine rings is 1. The quantitative estimate of drug-likeness (QED) is 0.892. The second-order valence-electron chi connectivity index (χ2n) is 6.85. The zero-order chi connectivity index (χ0) is 17.6. The lowest BCUT2D eigenvalue weighted by Gasteiger charge is -2.27. The summed E-state index contributed by atoms with van der Waals surface area (Å²) in [6, 6.07) is 7.75. The summed E-state index contributed by atoms with van der Waals surface area (Å²) in [4.78, 5) is 27.8. The monoisotopic (exact) mass is 345 g/mol. The molecule has 0 bridgehead atoms. The molecule has 0 radical (unpaired) electrons. The number of likely N-dealkylation sites (N-methyl/N-ethyl adjacent to an activating group) is 1. The number of ether oxygens (including phenoxy) is 1. The van der Waals surface area contributed by atoms with Crippen molar-refractivity contribution in [1.29, 1.82) is 0 Å². The maximum absolute atomic E-state index is 12.2. The van der Waals surface area contributed by atoms with Gasteiger partial charge in [0.05, 0.1) is 6.10 Å². The van der Waals surface area contributed by atoms with Crippen molar-refractivity contribution >= 4 is 17.6 Å². The first-order valence-electron chi connectivity index (χ1n) is 9.13. The average molecular weight is 345 g/mol. The van der Waals surface area contributed by atoms with Gasteiger partial charge in [0.1, 0.15) is 0 Å². The Morgan fingerprint density at radius 3 is 3.00 bits per heavy atom. The summed E-state index contributed by atoms with van der Waals surface area (Å²) in [5, 5.41) is 2.94. The summed E-state index contributed by atoms with van der Waals surface area (Å²) < 4.78 is 5.57. The Bertz CT molecular complexity index is 614. The minimum Gasteiger partial charge on any atom is -0.376 e. The fourth-order valence-corrected chi connectivity index (χ4v) is 3.40. The molecule has 2 heterocycles. The normalized spacial score (nSPS) is 20.6. The minimum absolute atomic E-state index is 0.102. The van der Waals surface area contributed by atoms with E-state index in [-0.39, 0.29) is 18.0 Å². The van der Waals surface area contributed by atoms with E-state index in [1.807, 2.05) is 29.2 Å². The second kappa shape index (κ2) is 8.34. The van der Waals surface area contributed by atoms with Crippen LogP contribution in [0.5, 0.6) is 0 Å². The Morgan fingerprint density at radius 2 is 2.24 bits per heavy atom. The van der Waals surface area contributed by atoms with Gasteiger partial charge in [0.25, 0.3) is 0 Å². The van der Waals surface area contributed by atoms with E-state index >= 15 is 0 Å². The van der Waals surface area contributed by atoms with Crippen LogP contribution in [-0.2, 0) is 16.1 Å². The molecule has 25 heavy (non-hydrogen) atoms. The summed E-state index contributed by atoms with van der Waals surface area (Å²) in [5.74, 6) is 0.184. The summed E-state index contributed by atoms with van der Waals surface area (Å²) in [5.41, 5.74) is 1.92. The van der Waals surface area contributed by atoms with Gasteiger partial charge in [-0.05, 0) is 43.4 Å². The zero-order valence-electron chi connectivity index (χ0n) is 14.9. The van der Waals surface area contributed by atoms with E-state index in [2.05, 4.69) is 5.32 Å². The van der Waals surface area contributed by atoms with E-state index in [1.54, 1.807) is 11.9 Å². The topological polar surface area (TPSA) is 61.9 Å². The largest absolute Gasteiger partial charge is 0.376 e. The molecule has 6 nitrogen and oxygen atoms in total. The molecule has 2 aliphatic rings. The van der Waals surface area contributed by atoms with Crippen molar-refractivity contribution in [2.75, 3.05) is 31.6 Å². The van der Waals surface area contributed by atoms with Crippen LogP contribution in [0.25, 0.3) is 0 Å². The van der Waals surface area contributed by atoms with Crippen molar-refractivity contribution < 1.29 is 14.3 Å². The molecule has 6 heteroatoms. The van der Waals surface area contributed by atoms with E-state index in [9.17, 15) is 9.59 Å². The van der Waals surface area contributed by atoms with Crippen LogP contribution >= 0.6 is 0 Å². The fourth-order valence-electron chi connectivity index (χ4n) is 3.40. The van der Waals surface area contributed by atoms with Gasteiger partial charge in [-0.3, -0.25) is 4.79 Å². The number of benzene rings is 1. The number of anilines is 1. The molecular formula is C19H27N3O3. The SMILES string of the molecule is CN(C[C@H]1CCCO1)C(=O)NCc1cccc(N2CCCCC2=O)c1. The third-order valence-corrected chi connectivity index (χ3v) is 4.84. The highest BCUT2D eigenvalue weighted by Gasteiger charge is 2.21. The minimum atomic E-state index is -0.102. The summed E-state index contributed by atoms with van der Waals surface area (Å²) in [7, 11) is 1.79. The van der Waals surface area contributed by atoms with Gasteiger partial charge >= 0.3 is 6.03 Å². The van der Waals surface area contributed by atoms with Crippen molar-refractivity contribution in [1.82, 2.24) is 10.2 Å². The van der Waals surface area contributed by atoms with Crippen LogP contribution in [-0.4, -0.2) is 49.7 Å². The molecule has 0 aliphatic carbocycles. The van der Waals surface area contributed by atoms with Gasteiger partial charge in [0.15, 0.2) is 0 Å². The summed E-state index contributed by atoms with van der Waals surface area (Å²) in [6.07, 6.45) is 4.88. The average Bonchev–Trinajstić information content (AvgIpc) is 3.13. The molecule has 2 aliphatic heterocycles. The molecule has 3 amide bonds. The number of rotatable bonds is 5. The van der Waals surface area contributed by atoms with Crippen LogP contribution in [0.15, 0.2) is 24.3 Å². The number of hydrogen-bond acceptors (Lipinski definition) is 3. The Kier molecular flexibility index (Phi) is 5.91. The maximum atomic E-state index is 12.2.